The molecule has 1 aliphatic carbocycles. The Hall–Kier alpha value is -3.22. The van der Waals surface area contributed by atoms with Gasteiger partial charge in [-0.05, 0) is 42.5 Å². The van der Waals surface area contributed by atoms with E-state index in [1.807, 2.05) is 37.3 Å². The summed E-state index contributed by atoms with van der Waals surface area (Å²) in [5, 5.41) is 2.92. The molecule has 0 bridgehead atoms. The quantitative estimate of drug-likeness (QED) is 0.507. The zero-order valence-electron chi connectivity index (χ0n) is 20.3. The summed E-state index contributed by atoms with van der Waals surface area (Å²) >= 11 is 0. The van der Waals surface area contributed by atoms with Crippen molar-refractivity contribution in [1.29, 1.82) is 0 Å². The summed E-state index contributed by atoms with van der Waals surface area (Å²) in [6, 6.07) is 14.9. The first-order valence-corrected chi connectivity index (χ1v) is 12.7. The van der Waals surface area contributed by atoms with Crippen molar-refractivity contribution >= 4 is 17.8 Å². The van der Waals surface area contributed by atoms with E-state index in [1.165, 1.54) is 12.1 Å². The topological polar surface area (TPSA) is 69.7 Å². The summed E-state index contributed by atoms with van der Waals surface area (Å²) in [5.74, 6) is -0.960. The van der Waals surface area contributed by atoms with Crippen molar-refractivity contribution in [2.75, 3.05) is 6.54 Å². The molecule has 186 valence electrons. The second-order valence-electron chi connectivity index (χ2n) is 9.64. The van der Waals surface area contributed by atoms with Gasteiger partial charge in [0.05, 0.1) is 0 Å². The van der Waals surface area contributed by atoms with E-state index >= 15 is 0 Å². The van der Waals surface area contributed by atoms with Crippen LogP contribution in [0.1, 0.15) is 69.4 Å². The van der Waals surface area contributed by atoms with E-state index in [0.717, 1.165) is 61.0 Å². The molecule has 1 saturated carbocycles. The molecule has 6 nitrogen and oxygen atoms in total. The molecule has 0 radical (unpaired) electrons. The second-order valence-corrected chi connectivity index (χ2v) is 9.64. The van der Waals surface area contributed by atoms with Crippen LogP contribution in [0.25, 0.3) is 0 Å². The van der Waals surface area contributed by atoms with Gasteiger partial charge in [0.25, 0.3) is 5.91 Å². The van der Waals surface area contributed by atoms with Gasteiger partial charge in [-0.1, -0.05) is 81.5 Å². The lowest BCUT2D eigenvalue weighted by molar-refractivity contribution is -0.141. The van der Waals surface area contributed by atoms with Crippen molar-refractivity contribution in [1.82, 2.24) is 15.1 Å². The molecule has 2 fully saturated rings. The molecule has 4 rings (SSSR count). The summed E-state index contributed by atoms with van der Waals surface area (Å²) in [7, 11) is 0. The minimum atomic E-state index is -1.15. The first kappa shape index (κ1) is 24.9. The molecule has 7 heteroatoms. The Morgan fingerprint density at radius 3 is 2.40 bits per heavy atom. The van der Waals surface area contributed by atoms with Crippen LogP contribution in [0.2, 0.25) is 0 Å². The van der Waals surface area contributed by atoms with Gasteiger partial charge in [0.1, 0.15) is 17.9 Å². The number of nitrogens with zero attached hydrogens (tertiary/aromatic N) is 2. The number of unbranched alkanes of at least 4 members (excludes halogenated alkanes) is 1. The van der Waals surface area contributed by atoms with Gasteiger partial charge in [-0.25, -0.2) is 9.18 Å². The molecule has 35 heavy (non-hydrogen) atoms. The molecule has 0 aromatic heterocycles. The summed E-state index contributed by atoms with van der Waals surface area (Å²) in [4.78, 5) is 43.2. The van der Waals surface area contributed by atoms with Crippen LogP contribution in [0.4, 0.5) is 9.18 Å². The first-order chi connectivity index (χ1) is 16.9. The van der Waals surface area contributed by atoms with E-state index in [2.05, 4.69) is 5.32 Å². The Bertz CT molecular complexity index is 1040. The van der Waals surface area contributed by atoms with E-state index in [-0.39, 0.29) is 30.2 Å². The van der Waals surface area contributed by atoms with Crippen LogP contribution in [0.5, 0.6) is 0 Å². The van der Waals surface area contributed by atoms with Crippen molar-refractivity contribution in [3.05, 3.63) is 71.5 Å². The lowest BCUT2D eigenvalue weighted by Gasteiger charge is -2.35. The predicted octanol–water partition coefficient (Wildman–Crippen LogP) is 5.12. The zero-order valence-corrected chi connectivity index (χ0v) is 20.3. The fraction of sp³-hybridized carbons (Fsp3) is 0.464. The molecule has 2 aromatic carbocycles. The van der Waals surface area contributed by atoms with Gasteiger partial charge in [0.2, 0.25) is 5.91 Å². The van der Waals surface area contributed by atoms with Crippen molar-refractivity contribution in [3.8, 4) is 0 Å². The normalized spacial score (nSPS) is 20.7. The molecule has 1 N–H and O–H groups in total. The third-order valence-corrected chi connectivity index (χ3v) is 7.24. The Morgan fingerprint density at radius 2 is 1.74 bits per heavy atom. The number of nitrogens with one attached hydrogen (secondary N) is 1. The summed E-state index contributed by atoms with van der Waals surface area (Å²) < 4.78 is 13.4. The largest absolute Gasteiger partial charge is 0.334 e. The van der Waals surface area contributed by atoms with E-state index in [1.54, 1.807) is 17.0 Å². The molecule has 1 saturated heterocycles. The van der Waals surface area contributed by atoms with Gasteiger partial charge in [-0.2, -0.15) is 0 Å². The fourth-order valence-corrected chi connectivity index (χ4v) is 5.27. The van der Waals surface area contributed by atoms with Crippen LogP contribution < -0.4 is 5.32 Å². The maximum Gasteiger partial charge on any atom is 0.325 e. The van der Waals surface area contributed by atoms with E-state index in [4.69, 9.17) is 0 Å². The maximum absolute atomic E-state index is 13.7. The Labute approximate surface area is 206 Å². The average Bonchev–Trinajstić information content (AvgIpc) is 3.13. The fourth-order valence-electron chi connectivity index (χ4n) is 5.27. The summed E-state index contributed by atoms with van der Waals surface area (Å²) in [5.41, 5.74) is 0.405. The minimum Gasteiger partial charge on any atom is -0.334 e. The van der Waals surface area contributed by atoms with Crippen molar-refractivity contribution in [2.45, 2.75) is 76.4 Å². The van der Waals surface area contributed by atoms with E-state index in [9.17, 15) is 18.8 Å². The molecule has 1 atom stereocenters. The number of hydrogen-bond donors (Lipinski definition) is 1. The van der Waals surface area contributed by atoms with Crippen LogP contribution in [0.15, 0.2) is 54.6 Å². The van der Waals surface area contributed by atoms with Gasteiger partial charge in [-0.3, -0.25) is 14.5 Å². The number of rotatable bonds is 9. The van der Waals surface area contributed by atoms with Crippen molar-refractivity contribution < 1.29 is 18.8 Å². The van der Waals surface area contributed by atoms with E-state index < -0.39 is 11.6 Å². The minimum absolute atomic E-state index is 0.0426. The number of benzene rings is 2. The lowest BCUT2D eigenvalue weighted by atomic mass is 9.85. The average molecular weight is 480 g/mol. The highest BCUT2D eigenvalue weighted by atomic mass is 19.1. The number of urea groups is 1. The number of halogens is 1. The Balaban J connectivity index is 1.57. The van der Waals surface area contributed by atoms with Gasteiger partial charge < -0.3 is 10.2 Å². The number of hydrogen-bond acceptors (Lipinski definition) is 3. The maximum atomic E-state index is 13.7. The number of carbonyl (C=O) groups is 3. The van der Waals surface area contributed by atoms with Crippen LogP contribution in [-0.4, -0.2) is 40.2 Å². The number of carbonyl (C=O) groups excluding carboxylic acids is 3. The van der Waals surface area contributed by atoms with Crippen LogP contribution >= 0.6 is 0 Å². The zero-order chi connectivity index (χ0) is 24.8. The standard InChI is InChI=1S/C28H34FN3O3/c1-2-3-18-28(22-10-6-4-7-11-22)26(34)32(27(35)30-28)20-25(33)31(24-12-8-5-9-13-24)19-21-14-16-23(29)17-15-21/h4,6-7,10-11,14-17,24H,2-3,5,8-9,12-13,18-20H2,1H3,(H,30,35). The highest BCUT2D eigenvalue weighted by Crippen LogP contribution is 2.34. The molecule has 1 heterocycles. The molecular formula is C28H34FN3O3. The highest BCUT2D eigenvalue weighted by molar-refractivity contribution is 6.09. The van der Waals surface area contributed by atoms with Crippen molar-refractivity contribution in [3.63, 3.8) is 0 Å². The molecule has 0 spiro atoms. The van der Waals surface area contributed by atoms with E-state index in [0.29, 0.717) is 13.0 Å². The first-order valence-electron chi connectivity index (χ1n) is 12.7. The van der Waals surface area contributed by atoms with Gasteiger partial charge in [0.15, 0.2) is 0 Å². The smallest absolute Gasteiger partial charge is 0.325 e. The van der Waals surface area contributed by atoms with Gasteiger partial charge in [0, 0.05) is 12.6 Å². The molecule has 2 aromatic rings. The SMILES string of the molecule is CCCCC1(c2ccccc2)NC(=O)N(CC(=O)N(Cc2ccc(F)cc2)C2CCCCC2)C1=O. The summed E-state index contributed by atoms with van der Waals surface area (Å²) in [6.45, 7) is 2.06. The molecule has 2 aliphatic rings. The highest BCUT2D eigenvalue weighted by Gasteiger charge is 2.52. The Morgan fingerprint density at radius 1 is 1.06 bits per heavy atom. The Kier molecular flexibility index (Phi) is 7.83. The molecule has 4 amide bonds. The van der Waals surface area contributed by atoms with Gasteiger partial charge >= 0.3 is 6.03 Å². The lowest BCUT2D eigenvalue weighted by Crippen LogP contribution is -2.48. The number of amides is 4. The molecule has 1 unspecified atom stereocenters. The second kappa shape index (κ2) is 11.0. The number of imide groups is 1. The third-order valence-electron chi connectivity index (χ3n) is 7.24. The van der Waals surface area contributed by atoms with Crippen LogP contribution in [-0.2, 0) is 21.7 Å². The van der Waals surface area contributed by atoms with Crippen LogP contribution in [0, 0.1) is 5.82 Å². The van der Waals surface area contributed by atoms with Crippen molar-refractivity contribution in [2.24, 2.45) is 0 Å². The molecular weight excluding hydrogens is 445 g/mol. The van der Waals surface area contributed by atoms with Crippen LogP contribution in [0.3, 0.4) is 0 Å². The molecule has 1 aliphatic heterocycles. The van der Waals surface area contributed by atoms with Gasteiger partial charge in [-0.15, -0.1) is 0 Å². The monoisotopic (exact) mass is 479 g/mol. The predicted molar refractivity (Wildman–Crippen MR) is 132 cm³/mol. The summed E-state index contributed by atoms with van der Waals surface area (Å²) in [6.07, 6.45) is 7.11. The third kappa shape index (κ3) is 5.39.